The number of hydrogen-bond acceptors (Lipinski definition) is 4. The summed E-state index contributed by atoms with van der Waals surface area (Å²) in [5.74, 6) is 2.01. The quantitative estimate of drug-likeness (QED) is 0.588. The summed E-state index contributed by atoms with van der Waals surface area (Å²) in [4.78, 5) is 8.26. The molecule has 0 aliphatic rings. The van der Waals surface area contributed by atoms with Gasteiger partial charge in [0, 0.05) is 18.6 Å². The number of nitrogens with zero attached hydrogens (tertiary/aromatic N) is 2. The van der Waals surface area contributed by atoms with Gasteiger partial charge in [-0.3, -0.25) is 0 Å². The highest BCUT2D eigenvalue weighted by Crippen LogP contribution is 2.17. The lowest BCUT2D eigenvalue weighted by Crippen LogP contribution is -2.03. The topological polar surface area (TPSA) is 46.0 Å². The molecule has 0 aromatic carbocycles. The fourth-order valence-corrected chi connectivity index (χ4v) is 1.71. The number of thioether (sulfide) groups is 1. The third kappa shape index (κ3) is 3.74. The molecule has 1 rings (SSSR count). The third-order valence-corrected chi connectivity index (χ3v) is 2.84. The maximum Gasteiger partial charge on any atom is 0.126 e. The highest BCUT2D eigenvalue weighted by molar-refractivity contribution is 7.99. The maximum atomic E-state index is 8.82. The summed E-state index contributed by atoms with van der Waals surface area (Å²) in [5, 5.41) is 9.80. The Morgan fingerprint density at radius 2 is 2.38 bits per heavy atom. The Morgan fingerprint density at radius 1 is 1.62 bits per heavy atom. The van der Waals surface area contributed by atoms with Crippen molar-refractivity contribution in [3.63, 3.8) is 0 Å². The fraction of sp³-hybridized carbons (Fsp3) is 0.556. The molecule has 1 aromatic rings. The summed E-state index contributed by atoms with van der Waals surface area (Å²) in [7, 11) is 0. The Labute approximate surface area is 82.6 Å². The van der Waals surface area contributed by atoms with E-state index < -0.39 is 0 Å². The van der Waals surface area contributed by atoms with E-state index in [1.807, 2.05) is 19.9 Å². The monoisotopic (exact) mass is 198 g/mol. The number of aliphatic hydroxyl groups excluding tert-OH is 1. The Bertz CT molecular complexity index is 268. The van der Waals surface area contributed by atoms with Crippen LogP contribution in [0.3, 0.4) is 0 Å². The van der Waals surface area contributed by atoms with Gasteiger partial charge in [0.1, 0.15) is 5.82 Å². The van der Waals surface area contributed by atoms with Gasteiger partial charge in [-0.25, -0.2) is 9.97 Å². The van der Waals surface area contributed by atoms with E-state index in [0.717, 1.165) is 16.6 Å². The van der Waals surface area contributed by atoms with Gasteiger partial charge in [0.2, 0.25) is 0 Å². The Morgan fingerprint density at radius 3 is 3.00 bits per heavy atom. The second kappa shape index (κ2) is 5.19. The van der Waals surface area contributed by atoms with Crippen LogP contribution < -0.4 is 0 Å². The van der Waals surface area contributed by atoms with Crippen molar-refractivity contribution < 1.29 is 5.11 Å². The molecule has 0 aliphatic carbocycles. The van der Waals surface area contributed by atoms with Crippen LogP contribution in [-0.4, -0.2) is 27.4 Å². The molecule has 0 saturated carbocycles. The molecule has 0 spiro atoms. The third-order valence-electron chi connectivity index (χ3n) is 1.58. The Hall–Kier alpha value is -0.610. The van der Waals surface area contributed by atoms with Gasteiger partial charge in [0.25, 0.3) is 0 Å². The Balaban J connectivity index is 2.45. The lowest BCUT2D eigenvalue weighted by molar-refractivity contribution is 0.250. The molecule has 0 radical (unpaired) electrons. The SMILES string of the molecule is Cc1nccc(SCC(C)CO)n1. The van der Waals surface area contributed by atoms with Crippen molar-refractivity contribution in [2.75, 3.05) is 12.4 Å². The van der Waals surface area contributed by atoms with Gasteiger partial charge in [-0.05, 0) is 18.9 Å². The lowest BCUT2D eigenvalue weighted by atomic mass is 10.2. The molecule has 0 amide bonds. The van der Waals surface area contributed by atoms with Gasteiger partial charge in [-0.15, -0.1) is 11.8 Å². The molecule has 3 nitrogen and oxygen atoms in total. The molecule has 1 unspecified atom stereocenters. The second-order valence-corrected chi connectivity index (χ2v) is 4.08. The predicted molar refractivity (Wildman–Crippen MR) is 53.7 cm³/mol. The number of rotatable bonds is 4. The largest absolute Gasteiger partial charge is 0.396 e. The molecule has 1 aromatic heterocycles. The maximum absolute atomic E-state index is 8.82. The highest BCUT2D eigenvalue weighted by Gasteiger charge is 2.02. The van der Waals surface area contributed by atoms with Crippen LogP contribution in [0, 0.1) is 12.8 Å². The molecule has 1 N–H and O–H groups in total. The molecule has 72 valence electrons. The standard InChI is InChI=1S/C9H14N2OS/c1-7(5-12)6-13-9-3-4-10-8(2)11-9/h3-4,7,12H,5-6H2,1-2H3. The van der Waals surface area contributed by atoms with Gasteiger partial charge in [-0.1, -0.05) is 6.92 Å². The fourth-order valence-electron chi connectivity index (χ4n) is 0.795. The minimum atomic E-state index is 0.233. The van der Waals surface area contributed by atoms with E-state index in [2.05, 4.69) is 9.97 Å². The van der Waals surface area contributed by atoms with Crippen LogP contribution >= 0.6 is 11.8 Å². The van der Waals surface area contributed by atoms with E-state index in [1.54, 1.807) is 18.0 Å². The molecule has 1 heterocycles. The van der Waals surface area contributed by atoms with Crippen LogP contribution in [0.1, 0.15) is 12.7 Å². The van der Waals surface area contributed by atoms with E-state index in [1.165, 1.54) is 0 Å². The molecule has 0 fully saturated rings. The number of aliphatic hydroxyl groups is 1. The first-order valence-corrected chi connectivity index (χ1v) is 5.24. The van der Waals surface area contributed by atoms with Gasteiger partial charge >= 0.3 is 0 Å². The van der Waals surface area contributed by atoms with Crippen LogP contribution in [0.25, 0.3) is 0 Å². The zero-order chi connectivity index (χ0) is 9.68. The summed E-state index contributed by atoms with van der Waals surface area (Å²) >= 11 is 1.66. The van der Waals surface area contributed by atoms with E-state index in [9.17, 15) is 0 Å². The van der Waals surface area contributed by atoms with Crippen LogP contribution in [-0.2, 0) is 0 Å². The first kappa shape index (κ1) is 10.5. The molecule has 0 saturated heterocycles. The lowest BCUT2D eigenvalue weighted by Gasteiger charge is -2.06. The summed E-state index contributed by atoms with van der Waals surface area (Å²) in [6, 6.07) is 1.89. The van der Waals surface area contributed by atoms with Gasteiger partial charge in [0.05, 0.1) is 5.03 Å². The van der Waals surface area contributed by atoms with Crippen molar-refractivity contribution in [3.8, 4) is 0 Å². The molecule has 4 heteroatoms. The zero-order valence-electron chi connectivity index (χ0n) is 7.90. The zero-order valence-corrected chi connectivity index (χ0v) is 8.71. The minimum absolute atomic E-state index is 0.233. The normalized spacial score (nSPS) is 12.8. The number of aryl methyl sites for hydroxylation is 1. The average molecular weight is 198 g/mol. The first-order chi connectivity index (χ1) is 6.22. The Kier molecular flexibility index (Phi) is 4.18. The van der Waals surface area contributed by atoms with Crippen molar-refractivity contribution in [1.29, 1.82) is 0 Å². The molecule has 1 atom stereocenters. The van der Waals surface area contributed by atoms with Crippen molar-refractivity contribution in [2.24, 2.45) is 5.92 Å². The molecular weight excluding hydrogens is 184 g/mol. The van der Waals surface area contributed by atoms with E-state index >= 15 is 0 Å². The summed E-state index contributed by atoms with van der Waals surface area (Å²) in [6.07, 6.45) is 1.76. The van der Waals surface area contributed by atoms with E-state index in [-0.39, 0.29) is 6.61 Å². The average Bonchev–Trinajstić information content (AvgIpc) is 2.14. The number of hydrogen-bond donors (Lipinski definition) is 1. The summed E-state index contributed by atoms with van der Waals surface area (Å²) < 4.78 is 0. The van der Waals surface area contributed by atoms with Crippen molar-refractivity contribution >= 4 is 11.8 Å². The number of aromatic nitrogens is 2. The van der Waals surface area contributed by atoms with E-state index in [0.29, 0.717) is 5.92 Å². The molecule has 0 bridgehead atoms. The van der Waals surface area contributed by atoms with Crippen molar-refractivity contribution in [3.05, 3.63) is 18.1 Å². The predicted octanol–water partition coefficient (Wildman–Crippen LogP) is 1.51. The molecular formula is C9H14N2OS. The van der Waals surface area contributed by atoms with E-state index in [4.69, 9.17) is 5.11 Å². The minimum Gasteiger partial charge on any atom is -0.396 e. The molecule has 0 aliphatic heterocycles. The van der Waals surface area contributed by atoms with Crippen LogP contribution in [0.15, 0.2) is 17.3 Å². The smallest absolute Gasteiger partial charge is 0.126 e. The van der Waals surface area contributed by atoms with Gasteiger partial charge in [0.15, 0.2) is 0 Å². The van der Waals surface area contributed by atoms with Crippen LogP contribution in [0.5, 0.6) is 0 Å². The second-order valence-electron chi connectivity index (χ2n) is 3.04. The van der Waals surface area contributed by atoms with Gasteiger partial charge < -0.3 is 5.11 Å². The van der Waals surface area contributed by atoms with Crippen molar-refractivity contribution in [2.45, 2.75) is 18.9 Å². The van der Waals surface area contributed by atoms with Crippen LogP contribution in [0.4, 0.5) is 0 Å². The van der Waals surface area contributed by atoms with Crippen molar-refractivity contribution in [1.82, 2.24) is 9.97 Å². The van der Waals surface area contributed by atoms with Crippen LogP contribution in [0.2, 0.25) is 0 Å². The molecule has 13 heavy (non-hydrogen) atoms. The first-order valence-electron chi connectivity index (χ1n) is 4.25. The summed E-state index contributed by atoms with van der Waals surface area (Å²) in [5.41, 5.74) is 0. The van der Waals surface area contributed by atoms with Gasteiger partial charge in [-0.2, -0.15) is 0 Å². The highest BCUT2D eigenvalue weighted by atomic mass is 32.2. The summed E-state index contributed by atoms with van der Waals surface area (Å²) in [6.45, 7) is 4.12.